The van der Waals surface area contributed by atoms with Crippen molar-refractivity contribution in [2.45, 2.75) is 0 Å². The van der Waals surface area contributed by atoms with Crippen LogP contribution in [-0.4, -0.2) is 22.2 Å². The predicted octanol–water partition coefficient (Wildman–Crippen LogP) is 2.11. The lowest BCUT2D eigenvalue weighted by molar-refractivity contribution is 0.0688. The largest absolute Gasteiger partial charge is 0.478 e. The van der Waals surface area contributed by atoms with Crippen LogP contribution in [0.3, 0.4) is 0 Å². The quantitative estimate of drug-likeness (QED) is 0.838. The molecular weight excluding hydrogens is 234 g/mol. The first-order valence-electron chi connectivity index (χ1n) is 4.98. The maximum Gasteiger partial charge on any atom is 0.336 e. The van der Waals surface area contributed by atoms with Gasteiger partial charge in [0.1, 0.15) is 0 Å². The Morgan fingerprint density at radius 2 is 1.72 bits per heavy atom. The smallest absolute Gasteiger partial charge is 0.336 e. The van der Waals surface area contributed by atoms with Crippen molar-refractivity contribution in [2.24, 2.45) is 0 Å². The SMILES string of the molecule is N#Cc1ccc(C(=O)O)c2ccc(C(=O)O)cc12. The number of carboxylic acids is 2. The Morgan fingerprint density at radius 1 is 1.00 bits per heavy atom. The Balaban J connectivity index is 2.88. The van der Waals surface area contributed by atoms with E-state index in [1.165, 1.54) is 30.3 Å². The summed E-state index contributed by atoms with van der Waals surface area (Å²) in [6.07, 6.45) is 0. The number of fused-ring (bicyclic) bond motifs is 1. The molecule has 88 valence electrons. The summed E-state index contributed by atoms with van der Waals surface area (Å²) in [5.41, 5.74) is 0.306. The second-order valence-electron chi connectivity index (χ2n) is 3.64. The summed E-state index contributed by atoms with van der Waals surface area (Å²) in [5, 5.41) is 27.5. The second kappa shape index (κ2) is 4.18. The molecule has 0 heterocycles. The molecule has 0 saturated heterocycles. The van der Waals surface area contributed by atoms with Crippen molar-refractivity contribution in [3.63, 3.8) is 0 Å². The molecule has 2 N–H and O–H groups in total. The maximum atomic E-state index is 11.0. The topological polar surface area (TPSA) is 98.4 Å². The van der Waals surface area contributed by atoms with E-state index in [-0.39, 0.29) is 16.7 Å². The van der Waals surface area contributed by atoms with Crippen LogP contribution < -0.4 is 0 Å². The van der Waals surface area contributed by atoms with E-state index >= 15 is 0 Å². The average Bonchev–Trinajstić information content (AvgIpc) is 2.36. The maximum absolute atomic E-state index is 11.0. The third-order valence-corrected chi connectivity index (χ3v) is 2.61. The molecule has 18 heavy (non-hydrogen) atoms. The van der Waals surface area contributed by atoms with Gasteiger partial charge in [0.25, 0.3) is 0 Å². The molecular formula is C13H7NO4. The summed E-state index contributed by atoms with van der Waals surface area (Å²) in [4.78, 5) is 21.9. The molecule has 0 fully saturated rings. The summed E-state index contributed by atoms with van der Waals surface area (Å²) >= 11 is 0. The minimum absolute atomic E-state index is 0.0153. The van der Waals surface area contributed by atoms with Crippen LogP contribution in [0.2, 0.25) is 0 Å². The predicted molar refractivity (Wildman–Crippen MR) is 62.6 cm³/mol. The van der Waals surface area contributed by atoms with E-state index in [4.69, 9.17) is 15.5 Å². The van der Waals surface area contributed by atoms with Crippen molar-refractivity contribution < 1.29 is 19.8 Å². The molecule has 0 aliphatic carbocycles. The van der Waals surface area contributed by atoms with E-state index < -0.39 is 11.9 Å². The number of hydrogen-bond donors (Lipinski definition) is 2. The minimum atomic E-state index is -1.12. The third-order valence-electron chi connectivity index (χ3n) is 2.61. The zero-order valence-corrected chi connectivity index (χ0v) is 9.04. The molecule has 0 spiro atoms. The van der Waals surface area contributed by atoms with Gasteiger partial charge in [-0.15, -0.1) is 0 Å². The lowest BCUT2D eigenvalue weighted by atomic mass is 9.98. The van der Waals surface area contributed by atoms with Gasteiger partial charge in [-0.05, 0) is 29.7 Å². The van der Waals surface area contributed by atoms with Gasteiger partial charge in [0.05, 0.1) is 22.8 Å². The van der Waals surface area contributed by atoms with Crippen LogP contribution >= 0.6 is 0 Å². The normalized spacial score (nSPS) is 9.94. The number of carboxylic acid groups (broad SMARTS) is 2. The first-order chi connectivity index (χ1) is 8.54. The van der Waals surface area contributed by atoms with Gasteiger partial charge in [-0.3, -0.25) is 0 Å². The zero-order valence-electron chi connectivity index (χ0n) is 9.04. The van der Waals surface area contributed by atoms with Crippen LogP contribution in [0.25, 0.3) is 10.8 Å². The highest BCUT2D eigenvalue weighted by molar-refractivity contribution is 6.07. The van der Waals surface area contributed by atoms with Crippen molar-refractivity contribution in [3.05, 3.63) is 47.0 Å². The molecule has 5 nitrogen and oxygen atoms in total. The molecule has 2 aromatic carbocycles. The van der Waals surface area contributed by atoms with Crippen molar-refractivity contribution in [1.82, 2.24) is 0 Å². The van der Waals surface area contributed by atoms with Crippen molar-refractivity contribution in [3.8, 4) is 6.07 Å². The number of carbonyl (C=O) groups is 2. The number of aromatic carboxylic acids is 2. The summed E-state index contributed by atoms with van der Waals surface area (Å²) in [7, 11) is 0. The van der Waals surface area contributed by atoms with E-state index in [2.05, 4.69) is 0 Å². The van der Waals surface area contributed by atoms with Crippen molar-refractivity contribution in [1.29, 1.82) is 5.26 Å². The molecule has 0 aliphatic rings. The van der Waals surface area contributed by atoms with Crippen LogP contribution in [0.4, 0.5) is 0 Å². The van der Waals surface area contributed by atoms with Crippen molar-refractivity contribution >= 4 is 22.7 Å². The van der Waals surface area contributed by atoms with E-state index in [1.54, 1.807) is 0 Å². The Labute approximate surface area is 102 Å². The van der Waals surface area contributed by atoms with Gasteiger partial charge >= 0.3 is 11.9 Å². The summed E-state index contributed by atoms with van der Waals surface area (Å²) in [6.45, 7) is 0. The fourth-order valence-corrected chi connectivity index (χ4v) is 1.77. The number of hydrogen-bond acceptors (Lipinski definition) is 3. The van der Waals surface area contributed by atoms with Gasteiger partial charge in [0.2, 0.25) is 0 Å². The zero-order chi connectivity index (χ0) is 13.3. The molecule has 0 atom stereocenters. The van der Waals surface area contributed by atoms with Crippen LogP contribution in [0.15, 0.2) is 30.3 Å². The van der Waals surface area contributed by atoms with Crippen molar-refractivity contribution in [2.75, 3.05) is 0 Å². The minimum Gasteiger partial charge on any atom is -0.478 e. The monoisotopic (exact) mass is 241 g/mol. The molecule has 0 saturated carbocycles. The van der Waals surface area contributed by atoms with Gasteiger partial charge in [-0.1, -0.05) is 6.07 Å². The molecule has 0 bridgehead atoms. The van der Waals surface area contributed by atoms with E-state index in [1.807, 2.05) is 6.07 Å². The first-order valence-corrected chi connectivity index (χ1v) is 4.98. The molecule has 0 radical (unpaired) electrons. The standard InChI is InChI=1S/C13H7NO4/c14-6-8-2-4-10(13(17)18)9-3-1-7(12(15)16)5-11(8)9/h1-5H,(H,15,16)(H,17,18). The molecule has 0 unspecified atom stereocenters. The highest BCUT2D eigenvalue weighted by Crippen LogP contribution is 2.24. The Hall–Kier alpha value is -2.87. The van der Waals surface area contributed by atoms with Gasteiger partial charge in [0.15, 0.2) is 0 Å². The van der Waals surface area contributed by atoms with Gasteiger partial charge in [-0.25, -0.2) is 9.59 Å². The number of rotatable bonds is 2. The van der Waals surface area contributed by atoms with Gasteiger partial charge in [0, 0.05) is 5.39 Å². The lowest BCUT2D eigenvalue weighted by Gasteiger charge is -2.05. The second-order valence-corrected chi connectivity index (χ2v) is 3.64. The van der Waals surface area contributed by atoms with Gasteiger partial charge in [-0.2, -0.15) is 5.26 Å². The Bertz CT molecular complexity index is 713. The number of nitrogens with zero attached hydrogens (tertiary/aromatic N) is 1. The highest BCUT2D eigenvalue weighted by atomic mass is 16.4. The average molecular weight is 241 g/mol. The number of nitriles is 1. The van der Waals surface area contributed by atoms with Crippen LogP contribution in [0.1, 0.15) is 26.3 Å². The summed E-state index contributed by atoms with van der Waals surface area (Å²) in [5.74, 6) is -2.24. The Kier molecular flexibility index (Phi) is 2.70. The number of benzene rings is 2. The van der Waals surface area contributed by atoms with E-state index in [0.29, 0.717) is 10.8 Å². The molecule has 0 aromatic heterocycles. The third kappa shape index (κ3) is 1.76. The van der Waals surface area contributed by atoms with Crippen LogP contribution in [-0.2, 0) is 0 Å². The lowest BCUT2D eigenvalue weighted by Crippen LogP contribution is -2.01. The van der Waals surface area contributed by atoms with Crippen LogP contribution in [0, 0.1) is 11.3 Å². The Morgan fingerprint density at radius 3 is 2.28 bits per heavy atom. The van der Waals surface area contributed by atoms with E-state index in [0.717, 1.165) is 0 Å². The fourth-order valence-electron chi connectivity index (χ4n) is 1.77. The molecule has 2 aromatic rings. The first kappa shape index (κ1) is 11.6. The summed E-state index contributed by atoms with van der Waals surface area (Å²) in [6, 6.07) is 8.66. The molecule has 2 rings (SSSR count). The van der Waals surface area contributed by atoms with E-state index in [9.17, 15) is 9.59 Å². The fraction of sp³-hybridized carbons (Fsp3) is 0. The van der Waals surface area contributed by atoms with Gasteiger partial charge < -0.3 is 10.2 Å². The molecule has 5 heteroatoms. The molecule has 0 aliphatic heterocycles. The summed E-state index contributed by atoms with van der Waals surface area (Å²) < 4.78 is 0. The van der Waals surface area contributed by atoms with Crippen LogP contribution in [0.5, 0.6) is 0 Å². The molecule has 0 amide bonds. The highest BCUT2D eigenvalue weighted by Gasteiger charge is 2.13.